The zero-order valence-electron chi connectivity index (χ0n) is 32.9. The lowest BCUT2D eigenvalue weighted by molar-refractivity contribution is -0.138. The Morgan fingerprint density at radius 2 is 1.63 bits per heavy atom. The number of urea groups is 1. The Morgan fingerprint density at radius 3 is 2.32 bits per heavy atom. The summed E-state index contributed by atoms with van der Waals surface area (Å²) in [6.07, 6.45) is 10.2. The minimum absolute atomic E-state index is 0.0842. The number of pyridine rings is 1. The Morgan fingerprint density at radius 1 is 0.842 bits per heavy atom. The molecule has 5 aliphatic rings. The van der Waals surface area contributed by atoms with Crippen LogP contribution in [0, 0.1) is 5.92 Å². The molecule has 302 valence electrons. The summed E-state index contributed by atoms with van der Waals surface area (Å²) in [5.41, 5.74) is 8.95. The first kappa shape index (κ1) is 38.6. The van der Waals surface area contributed by atoms with Gasteiger partial charge in [-0.3, -0.25) is 19.7 Å². The molecule has 0 bridgehead atoms. The Labute approximate surface area is 333 Å². The molecule has 1 unspecified atom stereocenters. The van der Waals surface area contributed by atoms with Gasteiger partial charge in [0.1, 0.15) is 23.1 Å². The van der Waals surface area contributed by atoms with Gasteiger partial charge in [0.05, 0.1) is 24.1 Å². The van der Waals surface area contributed by atoms with Gasteiger partial charge < -0.3 is 35.0 Å². The third-order valence-electron chi connectivity index (χ3n) is 12.5. The van der Waals surface area contributed by atoms with Crippen molar-refractivity contribution in [3.8, 4) is 5.75 Å². The lowest BCUT2D eigenvalue weighted by atomic mass is 9.87. The highest BCUT2D eigenvalue weighted by atomic mass is 16.5. The molecule has 0 radical (unpaired) electrons. The van der Waals surface area contributed by atoms with Gasteiger partial charge in [-0.05, 0) is 86.7 Å². The maximum absolute atomic E-state index is 12.7. The molecule has 15 nitrogen and oxygen atoms in total. The number of rotatable bonds is 11. The van der Waals surface area contributed by atoms with Crippen LogP contribution in [0.5, 0.6) is 5.75 Å². The molecule has 57 heavy (non-hydrogen) atoms. The average molecular weight is 779 g/mol. The number of imide groups is 1. The van der Waals surface area contributed by atoms with Crippen molar-refractivity contribution in [1.29, 1.82) is 0 Å². The molecule has 5 aliphatic heterocycles. The number of nitrogens with two attached hydrogens (primary N) is 1. The first-order valence-electron chi connectivity index (χ1n) is 20.6. The Balaban J connectivity index is 0.795. The standard InChI is InChI=1S/C42H54N10O5/c1-48-21-22-52(42(48)56)32-3-2-16-51(27-32)37-25-45-39(40(43)54)34(46-37)23-28-4-6-30(7-5-28)31-14-17-49(18-15-31)26-29-12-19-50(20-13-29)36-10-8-33(24-44-36)57-35-9-11-38(53)47-41(35)55/h4-8,10,24-25,29,31-32,35H,2-3,9,11-23,26-27H2,1H3,(H2,43,54)(H,47,53,55)/t32-,35?/m1/s1. The number of hydrogen-bond acceptors (Lipinski definition) is 11. The first-order chi connectivity index (χ1) is 27.7. The number of hydrogen-bond donors (Lipinski definition) is 2. The number of carbonyl (C=O) groups excluding carboxylic acids is 4. The molecule has 5 amide bonds. The lowest BCUT2D eigenvalue weighted by Gasteiger charge is -2.38. The van der Waals surface area contributed by atoms with Crippen molar-refractivity contribution in [2.24, 2.45) is 11.7 Å². The minimum atomic E-state index is -0.663. The summed E-state index contributed by atoms with van der Waals surface area (Å²) >= 11 is 0. The zero-order valence-corrected chi connectivity index (χ0v) is 32.9. The Kier molecular flexibility index (Phi) is 11.5. The molecule has 15 heteroatoms. The van der Waals surface area contributed by atoms with E-state index in [9.17, 15) is 19.2 Å². The summed E-state index contributed by atoms with van der Waals surface area (Å²) in [4.78, 5) is 73.4. The second kappa shape index (κ2) is 17.0. The van der Waals surface area contributed by atoms with E-state index < -0.39 is 17.9 Å². The van der Waals surface area contributed by atoms with Crippen molar-refractivity contribution in [3.05, 3.63) is 71.3 Å². The molecular weight excluding hydrogens is 725 g/mol. The second-order valence-electron chi connectivity index (χ2n) is 16.4. The fourth-order valence-electron chi connectivity index (χ4n) is 9.16. The van der Waals surface area contributed by atoms with Crippen LogP contribution in [0.2, 0.25) is 0 Å². The van der Waals surface area contributed by atoms with Gasteiger partial charge in [0.25, 0.3) is 11.8 Å². The quantitative estimate of drug-likeness (QED) is 0.274. The van der Waals surface area contributed by atoms with Crippen molar-refractivity contribution in [3.63, 3.8) is 0 Å². The van der Waals surface area contributed by atoms with Crippen LogP contribution in [0.1, 0.15) is 84.6 Å². The number of amides is 5. The van der Waals surface area contributed by atoms with Crippen molar-refractivity contribution in [1.82, 2.24) is 35.0 Å². The van der Waals surface area contributed by atoms with E-state index in [0.717, 1.165) is 108 Å². The lowest BCUT2D eigenvalue weighted by Crippen LogP contribution is -2.49. The van der Waals surface area contributed by atoms with Crippen LogP contribution in [-0.4, -0.2) is 132 Å². The van der Waals surface area contributed by atoms with E-state index in [0.29, 0.717) is 42.7 Å². The van der Waals surface area contributed by atoms with Crippen LogP contribution >= 0.6 is 0 Å². The summed E-state index contributed by atoms with van der Waals surface area (Å²) in [6.45, 7) is 8.24. The summed E-state index contributed by atoms with van der Waals surface area (Å²) in [5.74, 6) is 2.12. The smallest absolute Gasteiger partial charge is 0.320 e. The number of nitrogens with zero attached hydrogens (tertiary/aromatic N) is 8. The van der Waals surface area contributed by atoms with Gasteiger partial charge >= 0.3 is 6.03 Å². The van der Waals surface area contributed by atoms with Crippen molar-refractivity contribution in [2.45, 2.75) is 75.9 Å². The molecule has 3 aromatic rings. The molecule has 0 saturated carbocycles. The third kappa shape index (κ3) is 8.98. The second-order valence-corrected chi connectivity index (χ2v) is 16.4. The topological polar surface area (TPSA) is 170 Å². The summed E-state index contributed by atoms with van der Waals surface area (Å²) in [5, 5.41) is 2.33. The summed E-state index contributed by atoms with van der Waals surface area (Å²) in [6, 6.07) is 12.8. The van der Waals surface area contributed by atoms with Gasteiger partial charge in [-0.15, -0.1) is 0 Å². The molecule has 7 heterocycles. The van der Waals surface area contributed by atoms with Gasteiger partial charge in [0.2, 0.25) is 5.91 Å². The molecule has 2 aromatic heterocycles. The van der Waals surface area contributed by atoms with Crippen LogP contribution in [0.15, 0.2) is 48.8 Å². The molecular formula is C42H54N10O5. The number of nitrogens with one attached hydrogen (secondary N) is 1. The molecule has 5 saturated heterocycles. The third-order valence-corrected chi connectivity index (χ3v) is 12.5. The molecule has 5 fully saturated rings. The number of carbonyl (C=O) groups is 4. The van der Waals surface area contributed by atoms with E-state index >= 15 is 0 Å². The van der Waals surface area contributed by atoms with Crippen molar-refractivity contribution >= 4 is 35.4 Å². The number of likely N-dealkylation sites (tertiary alicyclic amines) is 1. The SMILES string of the molecule is CN1CCN([C@@H]2CCCN(c3cnc(C(N)=O)c(Cc4ccc(C5CCN(CC6CCN(c7ccc(OC8CCC(=O)NC8=O)cn7)CC6)CC5)cc4)n3)C2)C1=O. The number of primary amides is 1. The normalized spacial score (nSPS) is 22.9. The summed E-state index contributed by atoms with van der Waals surface area (Å²) < 4.78 is 5.79. The Bertz CT molecular complexity index is 1930. The van der Waals surface area contributed by atoms with Crippen LogP contribution in [0.4, 0.5) is 16.4 Å². The van der Waals surface area contributed by atoms with Crippen LogP contribution in [0.3, 0.4) is 0 Å². The molecule has 3 N–H and O–H groups in total. The monoisotopic (exact) mass is 778 g/mol. The van der Waals surface area contributed by atoms with E-state index in [2.05, 4.69) is 54.2 Å². The highest BCUT2D eigenvalue weighted by molar-refractivity contribution is 6.00. The fraction of sp³-hybridized carbons (Fsp3) is 0.548. The highest BCUT2D eigenvalue weighted by Crippen LogP contribution is 2.31. The van der Waals surface area contributed by atoms with Gasteiger partial charge in [-0.1, -0.05) is 24.3 Å². The summed E-state index contributed by atoms with van der Waals surface area (Å²) in [7, 11) is 1.85. The number of likely N-dealkylation sites (N-methyl/N-ethyl adjacent to an activating group) is 1. The first-order valence-corrected chi connectivity index (χ1v) is 20.6. The van der Waals surface area contributed by atoms with E-state index in [-0.39, 0.29) is 30.1 Å². The Hall–Kier alpha value is -5.31. The van der Waals surface area contributed by atoms with Crippen molar-refractivity contribution in [2.75, 3.05) is 75.8 Å². The van der Waals surface area contributed by atoms with E-state index in [1.54, 1.807) is 17.3 Å². The predicted octanol–water partition coefficient (Wildman–Crippen LogP) is 3.18. The molecule has 0 spiro atoms. The fourth-order valence-corrected chi connectivity index (χ4v) is 9.16. The average Bonchev–Trinajstić information content (AvgIpc) is 3.57. The number of ether oxygens (including phenoxy) is 1. The van der Waals surface area contributed by atoms with E-state index in [4.69, 9.17) is 15.5 Å². The number of piperidine rings is 4. The van der Waals surface area contributed by atoms with Gasteiger partial charge in [0, 0.05) is 72.1 Å². The number of aromatic nitrogens is 3. The van der Waals surface area contributed by atoms with E-state index in [1.807, 2.05) is 24.1 Å². The van der Waals surface area contributed by atoms with Gasteiger partial charge in [-0.2, -0.15) is 0 Å². The highest BCUT2D eigenvalue weighted by Gasteiger charge is 2.35. The number of anilines is 2. The van der Waals surface area contributed by atoms with Crippen LogP contribution in [0.25, 0.3) is 0 Å². The molecule has 8 rings (SSSR count). The molecule has 2 atom stereocenters. The van der Waals surface area contributed by atoms with Crippen LogP contribution < -0.4 is 25.6 Å². The van der Waals surface area contributed by atoms with Gasteiger partial charge in [0.15, 0.2) is 6.10 Å². The maximum Gasteiger partial charge on any atom is 0.320 e. The minimum Gasteiger partial charge on any atom is -0.479 e. The zero-order chi connectivity index (χ0) is 39.5. The van der Waals surface area contributed by atoms with Crippen molar-refractivity contribution < 1.29 is 23.9 Å². The molecule has 0 aliphatic carbocycles. The van der Waals surface area contributed by atoms with Gasteiger partial charge in [-0.25, -0.2) is 19.7 Å². The molecule has 1 aromatic carbocycles. The largest absolute Gasteiger partial charge is 0.479 e. The predicted molar refractivity (Wildman–Crippen MR) is 214 cm³/mol. The van der Waals surface area contributed by atoms with Crippen LogP contribution in [-0.2, 0) is 16.0 Å². The van der Waals surface area contributed by atoms with E-state index in [1.165, 1.54) is 5.56 Å². The number of benzene rings is 1. The maximum atomic E-state index is 12.7.